The second-order valence-electron chi connectivity index (χ2n) is 10.3. The van der Waals surface area contributed by atoms with Gasteiger partial charge in [-0.05, 0) is 73.0 Å². The van der Waals surface area contributed by atoms with Gasteiger partial charge in [0.05, 0.1) is 17.8 Å². The number of halogens is 3. The van der Waals surface area contributed by atoms with Crippen LogP contribution in [0.3, 0.4) is 0 Å². The van der Waals surface area contributed by atoms with E-state index in [0.29, 0.717) is 47.5 Å². The maximum atomic E-state index is 15.0. The van der Waals surface area contributed by atoms with Gasteiger partial charge in [0.2, 0.25) is 11.9 Å². The molecule has 6 rings (SSSR count). The van der Waals surface area contributed by atoms with E-state index in [0.717, 1.165) is 17.5 Å². The van der Waals surface area contributed by atoms with Crippen molar-refractivity contribution < 1.29 is 18.7 Å². The maximum Gasteiger partial charge on any atom is 0.229 e. The number of fused-ring (bicyclic) bond motifs is 2. The molecule has 1 saturated carbocycles. The number of hydrogen-bond donors (Lipinski definition) is 2. The minimum Gasteiger partial charge on any atom is -0.393 e. The summed E-state index contributed by atoms with van der Waals surface area (Å²) in [6.45, 7) is 4.99. The van der Waals surface area contributed by atoms with Crippen molar-refractivity contribution in [2.24, 2.45) is 5.92 Å². The van der Waals surface area contributed by atoms with E-state index in [1.807, 2.05) is 29.4 Å². The number of benzene rings is 1. The quantitative estimate of drug-likeness (QED) is 0.302. The Bertz CT molecular complexity index is 1600. The Kier molecular flexibility index (Phi) is 6.69. The zero-order valence-electron chi connectivity index (χ0n) is 21.3. The largest absolute Gasteiger partial charge is 0.393 e. The van der Waals surface area contributed by atoms with Crippen LogP contribution in [-0.4, -0.2) is 53.1 Å². The van der Waals surface area contributed by atoms with Crippen LogP contribution in [0.1, 0.15) is 44.0 Å². The molecule has 0 radical (unpaired) electrons. The van der Waals surface area contributed by atoms with E-state index in [1.54, 1.807) is 12.1 Å². The lowest BCUT2D eigenvalue weighted by Crippen LogP contribution is -2.45. The first-order valence-corrected chi connectivity index (χ1v) is 13.9. The molecule has 12 heteroatoms. The molecular weight excluding hydrogens is 619 g/mol. The molecule has 202 valence electrons. The predicted octanol–water partition coefficient (Wildman–Crippen LogP) is 4.75. The van der Waals surface area contributed by atoms with E-state index in [2.05, 4.69) is 47.8 Å². The summed E-state index contributed by atoms with van der Waals surface area (Å²) in [6.07, 6.45) is 2.35. The summed E-state index contributed by atoms with van der Waals surface area (Å²) in [5.41, 5.74) is 2.86. The van der Waals surface area contributed by atoms with Crippen molar-refractivity contribution in [3.05, 3.63) is 57.2 Å². The first kappa shape index (κ1) is 26.0. The molecule has 0 saturated heterocycles. The standard InChI is InChI=1S/C27H26F2IN7O2/c1-13(2)37-21-10-15(9-18(28)24(21)34-26(37)30)23-19(29)11-31-27(35-23)33-22-4-3-14-12-36(6-5-20(14)32-22)25(39)16-7-17(38)8-16/h3-4,9-11,13,16-17,38H,5-8,12H2,1-2H3,(H,31,32,33,35). The van der Waals surface area contributed by atoms with Crippen molar-refractivity contribution in [2.45, 2.75) is 51.8 Å². The highest BCUT2D eigenvalue weighted by Gasteiger charge is 2.36. The van der Waals surface area contributed by atoms with Crippen molar-refractivity contribution in [1.82, 2.24) is 29.4 Å². The van der Waals surface area contributed by atoms with Gasteiger partial charge in [-0.3, -0.25) is 4.79 Å². The van der Waals surface area contributed by atoms with Gasteiger partial charge in [0.1, 0.15) is 17.0 Å². The van der Waals surface area contributed by atoms with Crippen LogP contribution in [-0.2, 0) is 17.8 Å². The van der Waals surface area contributed by atoms with E-state index < -0.39 is 11.6 Å². The number of imidazole rings is 1. The Morgan fingerprint density at radius 1 is 1.15 bits per heavy atom. The first-order valence-electron chi connectivity index (χ1n) is 12.8. The number of amides is 1. The molecule has 2 N–H and O–H groups in total. The van der Waals surface area contributed by atoms with Crippen LogP contribution < -0.4 is 5.32 Å². The van der Waals surface area contributed by atoms with Crippen molar-refractivity contribution in [1.29, 1.82) is 0 Å². The van der Waals surface area contributed by atoms with Gasteiger partial charge in [-0.2, -0.15) is 0 Å². The molecule has 1 aliphatic carbocycles. The number of pyridine rings is 1. The lowest BCUT2D eigenvalue weighted by atomic mass is 9.81. The molecular formula is C27H26F2IN7O2. The fourth-order valence-electron chi connectivity index (χ4n) is 5.22. The molecule has 39 heavy (non-hydrogen) atoms. The number of rotatable bonds is 5. The molecule has 9 nitrogen and oxygen atoms in total. The Hall–Kier alpha value is -3.26. The first-order chi connectivity index (χ1) is 18.7. The summed E-state index contributed by atoms with van der Waals surface area (Å²) < 4.78 is 32.4. The normalized spacial score (nSPS) is 18.8. The van der Waals surface area contributed by atoms with Gasteiger partial charge in [0.25, 0.3) is 0 Å². The lowest BCUT2D eigenvalue weighted by Gasteiger charge is -2.36. The van der Waals surface area contributed by atoms with Gasteiger partial charge in [0.15, 0.2) is 15.5 Å². The molecule has 1 fully saturated rings. The molecule has 2 aliphatic rings. The number of carbonyl (C=O) groups excluding carboxylic acids is 1. The number of nitrogens with one attached hydrogen (secondary N) is 1. The van der Waals surface area contributed by atoms with Gasteiger partial charge < -0.3 is 19.9 Å². The third kappa shape index (κ3) is 4.84. The molecule has 0 atom stereocenters. The minimum atomic E-state index is -0.674. The van der Waals surface area contributed by atoms with Crippen molar-refractivity contribution in [3.8, 4) is 11.3 Å². The highest BCUT2D eigenvalue weighted by Crippen LogP contribution is 2.32. The summed E-state index contributed by atoms with van der Waals surface area (Å²) in [5, 5.41) is 12.6. The average molecular weight is 645 g/mol. The number of aliphatic hydroxyl groups is 1. The third-order valence-corrected chi connectivity index (χ3v) is 8.06. The molecule has 1 aliphatic heterocycles. The molecule has 4 heterocycles. The van der Waals surface area contributed by atoms with Gasteiger partial charge in [0, 0.05) is 42.7 Å². The minimum absolute atomic E-state index is 0.0342. The summed E-state index contributed by atoms with van der Waals surface area (Å²) in [5.74, 6) is -0.619. The van der Waals surface area contributed by atoms with Crippen LogP contribution in [0.15, 0.2) is 30.5 Å². The molecule has 4 aromatic rings. The highest BCUT2D eigenvalue weighted by molar-refractivity contribution is 14.1. The van der Waals surface area contributed by atoms with E-state index in [1.165, 1.54) is 6.07 Å². The van der Waals surface area contributed by atoms with Gasteiger partial charge >= 0.3 is 0 Å². The second kappa shape index (κ2) is 10.0. The number of anilines is 2. The van der Waals surface area contributed by atoms with E-state index in [4.69, 9.17) is 0 Å². The number of hydrogen-bond acceptors (Lipinski definition) is 7. The Balaban J connectivity index is 1.24. The lowest BCUT2D eigenvalue weighted by molar-refractivity contribution is -0.143. The van der Waals surface area contributed by atoms with Crippen LogP contribution in [0.5, 0.6) is 0 Å². The Labute approximate surface area is 236 Å². The zero-order chi connectivity index (χ0) is 27.4. The molecule has 0 bridgehead atoms. The van der Waals surface area contributed by atoms with Crippen LogP contribution in [0.2, 0.25) is 0 Å². The fourth-order valence-corrected chi connectivity index (χ4v) is 6.28. The van der Waals surface area contributed by atoms with Gasteiger partial charge in [-0.25, -0.2) is 28.7 Å². The van der Waals surface area contributed by atoms with Gasteiger partial charge in [-0.1, -0.05) is 6.07 Å². The monoisotopic (exact) mass is 645 g/mol. The number of carbonyl (C=O) groups is 1. The molecule has 1 aromatic carbocycles. The highest BCUT2D eigenvalue weighted by atomic mass is 127. The Morgan fingerprint density at radius 2 is 1.95 bits per heavy atom. The summed E-state index contributed by atoms with van der Waals surface area (Å²) in [4.78, 5) is 31.9. The third-order valence-electron chi connectivity index (χ3n) is 7.30. The molecule has 1 amide bonds. The van der Waals surface area contributed by atoms with Gasteiger partial charge in [-0.15, -0.1) is 0 Å². The topological polar surface area (TPSA) is 109 Å². The average Bonchev–Trinajstić information content (AvgIpc) is 3.23. The van der Waals surface area contributed by atoms with Crippen LogP contribution in [0.4, 0.5) is 20.5 Å². The van der Waals surface area contributed by atoms with E-state index in [9.17, 15) is 18.7 Å². The number of aliphatic hydroxyl groups excluding tert-OH is 1. The number of aromatic nitrogens is 5. The fraction of sp³-hybridized carbons (Fsp3) is 0.370. The molecule has 0 spiro atoms. The Morgan fingerprint density at radius 3 is 2.69 bits per heavy atom. The summed E-state index contributed by atoms with van der Waals surface area (Å²) >= 11 is 2.06. The smallest absolute Gasteiger partial charge is 0.229 e. The van der Waals surface area contributed by atoms with Crippen LogP contribution in [0, 0.1) is 21.4 Å². The molecule has 3 aromatic heterocycles. The summed E-state index contributed by atoms with van der Waals surface area (Å²) in [7, 11) is 0. The molecule has 0 unspecified atom stereocenters. The number of nitrogens with zero attached hydrogens (tertiary/aromatic N) is 6. The van der Waals surface area contributed by atoms with E-state index in [-0.39, 0.29) is 46.7 Å². The van der Waals surface area contributed by atoms with Crippen molar-refractivity contribution >= 4 is 51.3 Å². The van der Waals surface area contributed by atoms with E-state index >= 15 is 0 Å². The summed E-state index contributed by atoms with van der Waals surface area (Å²) in [6, 6.07) is 6.63. The van der Waals surface area contributed by atoms with Crippen LogP contribution >= 0.6 is 22.6 Å². The predicted molar refractivity (Wildman–Crippen MR) is 149 cm³/mol. The SMILES string of the molecule is CC(C)n1c(I)nc2c(F)cc(-c3nc(Nc4ccc5c(n4)CCN(C(=O)C4CC(O)C4)C5)ncc3F)cc21. The van der Waals surface area contributed by atoms with Crippen LogP contribution in [0.25, 0.3) is 22.3 Å². The maximum absolute atomic E-state index is 15.0. The van der Waals surface area contributed by atoms with Crippen molar-refractivity contribution in [2.75, 3.05) is 11.9 Å². The zero-order valence-corrected chi connectivity index (χ0v) is 23.5. The van der Waals surface area contributed by atoms with Crippen molar-refractivity contribution in [3.63, 3.8) is 0 Å². The second-order valence-corrected chi connectivity index (χ2v) is 11.3.